The lowest BCUT2D eigenvalue weighted by Crippen LogP contribution is -2.53. The summed E-state index contributed by atoms with van der Waals surface area (Å²) in [6.07, 6.45) is -3.51. The van der Waals surface area contributed by atoms with Gasteiger partial charge in [-0.2, -0.15) is 17.5 Å². The first-order chi connectivity index (χ1) is 8.00. The van der Waals surface area contributed by atoms with Crippen LogP contribution in [-0.4, -0.2) is 42.3 Å². The minimum atomic E-state index is -4.10. The smallest absolute Gasteiger partial charge is 0.384 e. The summed E-state index contributed by atoms with van der Waals surface area (Å²) >= 11 is 1.14. The third-order valence-electron chi connectivity index (χ3n) is 2.60. The van der Waals surface area contributed by atoms with Crippen molar-refractivity contribution in [1.29, 1.82) is 0 Å². The summed E-state index contributed by atoms with van der Waals surface area (Å²) in [6, 6.07) is 0. The van der Waals surface area contributed by atoms with Crippen molar-refractivity contribution in [1.82, 2.24) is 9.36 Å². The topological polar surface area (TPSA) is 38.2 Å². The Hall–Kier alpha value is -0.890. The zero-order chi connectivity index (χ0) is 12.5. The molecule has 0 bridgehead atoms. The summed E-state index contributed by atoms with van der Waals surface area (Å²) < 4.78 is 45.8. The molecule has 4 nitrogen and oxygen atoms in total. The highest BCUT2D eigenvalue weighted by Gasteiger charge is 2.47. The maximum absolute atomic E-state index is 12.3. The van der Waals surface area contributed by atoms with Crippen LogP contribution in [0.15, 0.2) is 0 Å². The van der Waals surface area contributed by atoms with Crippen LogP contribution < -0.4 is 4.90 Å². The van der Waals surface area contributed by atoms with Crippen LogP contribution in [-0.2, 0) is 11.2 Å². The molecule has 0 N–H and O–H groups in total. The zero-order valence-electron chi connectivity index (χ0n) is 9.20. The Morgan fingerprint density at radius 3 is 2.76 bits per heavy atom. The van der Waals surface area contributed by atoms with E-state index in [4.69, 9.17) is 4.74 Å². The van der Waals surface area contributed by atoms with Gasteiger partial charge in [0.15, 0.2) is 0 Å². The molecule has 0 saturated carbocycles. The van der Waals surface area contributed by atoms with E-state index in [-0.39, 0.29) is 13.1 Å². The number of ether oxygens (including phenoxy) is 1. The molecule has 1 aromatic heterocycles. The Kier molecular flexibility index (Phi) is 3.53. The number of alkyl halides is 3. The predicted molar refractivity (Wildman–Crippen MR) is 57.2 cm³/mol. The molecule has 0 radical (unpaired) electrons. The zero-order valence-corrected chi connectivity index (χ0v) is 10.0. The van der Waals surface area contributed by atoms with Crippen LogP contribution in [0, 0.1) is 5.92 Å². The molecule has 0 amide bonds. The molecular weight excluding hydrogens is 255 g/mol. The molecule has 1 aliphatic heterocycles. The summed E-state index contributed by atoms with van der Waals surface area (Å²) in [4.78, 5) is 5.78. The molecule has 96 valence electrons. The van der Waals surface area contributed by atoms with Gasteiger partial charge in [0.2, 0.25) is 5.13 Å². The molecule has 1 aromatic rings. The number of nitrogens with zero attached hydrogens (tertiary/aromatic N) is 3. The van der Waals surface area contributed by atoms with Crippen molar-refractivity contribution in [3.63, 3.8) is 0 Å². The van der Waals surface area contributed by atoms with E-state index in [0.717, 1.165) is 11.5 Å². The molecule has 0 unspecified atom stereocenters. The average molecular weight is 267 g/mol. The second-order valence-corrected chi connectivity index (χ2v) is 4.61. The van der Waals surface area contributed by atoms with E-state index in [9.17, 15) is 13.2 Å². The summed E-state index contributed by atoms with van der Waals surface area (Å²) in [7, 11) is 1.58. The van der Waals surface area contributed by atoms with Crippen molar-refractivity contribution in [3.8, 4) is 0 Å². The molecule has 0 aliphatic carbocycles. The Morgan fingerprint density at radius 2 is 2.18 bits per heavy atom. The lowest BCUT2D eigenvalue weighted by atomic mass is 10.0. The van der Waals surface area contributed by atoms with Gasteiger partial charge in [-0.25, -0.2) is 4.98 Å². The molecule has 1 aliphatic rings. The van der Waals surface area contributed by atoms with E-state index in [1.807, 2.05) is 0 Å². The Morgan fingerprint density at radius 1 is 1.47 bits per heavy atom. The molecule has 0 spiro atoms. The Balaban J connectivity index is 1.87. The van der Waals surface area contributed by atoms with Crippen LogP contribution in [0.2, 0.25) is 0 Å². The molecule has 2 rings (SSSR count). The maximum Gasteiger partial charge on any atom is 0.395 e. The van der Waals surface area contributed by atoms with Gasteiger partial charge in [0.05, 0.1) is 12.5 Å². The van der Waals surface area contributed by atoms with Gasteiger partial charge in [0.1, 0.15) is 5.82 Å². The SMILES string of the molecule is COCCc1nsc(N2CC(C(F)(F)F)C2)n1. The molecule has 0 atom stereocenters. The van der Waals surface area contributed by atoms with Crippen molar-refractivity contribution in [3.05, 3.63) is 5.82 Å². The number of rotatable bonds is 4. The van der Waals surface area contributed by atoms with Gasteiger partial charge < -0.3 is 9.64 Å². The van der Waals surface area contributed by atoms with Crippen LogP contribution in [0.3, 0.4) is 0 Å². The number of hydrogen-bond acceptors (Lipinski definition) is 5. The molecule has 17 heavy (non-hydrogen) atoms. The predicted octanol–water partition coefficient (Wildman–Crippen LogP) is 1.73. The van der Waals surface area contributed by atoms with Gasteiger partial charge in [-0.15, -0.1) is 0 Å². The first kappa shape index (κ1) is 12.6. The molecule has 1 saturated heterocycles. The fourth-order valence-corrected chi connectivity index (χ4v) is 2.24. The van der Waals surface area contributed by atoms with Gasteiger partial charge in [-0.05, 0) is 0 Å². The highest BCUT2D eigenvalue weighted by atomic mass is 32.1. The van der Waals surface area contributed by atoms with Crippen molar-refractivity contribution in [2.24, 2.45) is 5.92 Å². The lowest BCUT2D eigenvalue weighted by molar-refractivity contribution is -0.180. The minimum absolute atomic E-state index is 0.0115. The maximum atomic E-state index is 12.3. The van der Waals surface area contributed by atoms with E-state index in [1.54, 1.807) is 12.0 Å². The van der Waals surface area contributed by atoms with E-state index in [2.05, 4.69) is 9.36 Å². The highest BCUT2D eigenvalue weighted by molar-refractivity contribution is 7.09. The fourth-order valence-electron chi connectivity index (χ4n) is 1.51. The van der Waals surface area contributed by atoms with Gasteiger partial charge in [-0.3, -0.25) is 0 Å². The minimum Gasteiger partial charge on any atom is -0.384 e. The quantitative estimate of drug-likeness (QED) is 0.832. The van der Waals surface area contributed by atoms with E-state index < -0.39 is 12.1 Å². The molecule has 1 fully saturated rings. The summed E-state index contributed by atoms with van der Waals surface area (Å²) in [5.74, 6) is -0.601. The van der Waals surface area contributed by atoms with Gasteiger partial charge in [0, 0.05) is 38.2 Å². The third kappa shape index (κ3) is 2.86. The third-order valence-corrected chi connectivity index (χ3v) is 3.42. The number of aromatic nitrogens is 2. The normalized spacial score (nSPS) is 17.3. The number of anilines is 1. The van der Waals surface area contributed by atoms with E-state index in [0.29, 0.717) is 24.0 Å². The van der Waals surface area contributed by atoms with Crippen molar-refractivity contribution in [2.75, 3.05) is 31.7 Å². The number of methoxy groups -OCH3 is 1. The Labute approximate surface area is 101 Å². The second-order valence-electron chi connectivity index (χ2n) is 3.88. The van der Waals surface area contributed by atoms with Crippen LogP contribution in [0.4, 0.5) is 18.3 Å². The fraction of sp³-hybridized carbons (Fsp3) is 0.778. The van der Waals surface area contributed by atoms with Crippen molar-refractivity contribution >= 4 is 16.7 Å². The molecule has 0 aromatic carbocycles. The van der Waals surface area contributed by atoms with E-state index >= 15 is 0 Å². The number of halogens is 3. The van der Waals surface area contributed by atoms with Crippen molar-refractivity contribution < 1.29 is 17.9 Å². The monoisotopic (exact) mass is 267 g/mol. The largest absolute Gasteiger partial charge is 0.395 e. The van der Waals surface area contributed by atoms with Crippen LogP contribution in [0.5, 0.6) is 0 Å². The first-order valence-electron chi connectivity index (χ1n) is 5.14. The highest BCUT2D eigenvalue weighted by Crippen LogP contribution is 2.36. The van der Waals surface area contributed by atoms with Crippen LogP contribution in [0.25, 0.3) is 0 Å². The summed E-state index contributed by atoms with van der Waals surface area (Å²) in [5.41, 5.74) is 0. The molecule has 2 heterocycles. The van der Waals surface area contributed by atoms with Gasteiger partial charge in [0.25, 0.3) is 0 Å². The standard InChI is InChI=1S/C9H12F3N3OS/c1-16-3-2-7-13-8(17-14-7)15-4-6(5-15)9(10,11)12/h6H,2-5H2,1H3. The van der Waals surface area contributed by atoms with Gasteiger partial charge in [-0.1, -0.05) is 0 Å². The molecular formula is C9H12F3N3OS. The Bertz CT molecular complexity index is 376. The first-order valence-corrected chi connectivity index (χ1v) is 5.91. The van der Waals surface area contributed by atoms with E-state index in [1.165, 1.54) is 0 Å². The van der Waals surface area contributed by atoms with Gasteiger partial charge >= 0.3 is 6.18 Å². The van der Waals surface area contributed by atoms with Crippen LogP contribution >= 0.6 is 11.5 Å². The summed E-state index contributed by atoms with van der Waals surface area (Å²) in [6.45, 7) is 0.492. The van der Waals surface area contributed by atoms with Crippen molar-refractivity contribution in [2.45, 2.75) is 12.6 Å². The van der Waals surface area contributed by atoms with Crippen LogP contribution in [0.1, 0.15) is 5.82 Å². The lowest BCUT2D eigenvalue weighted by Gasteiger charge is -2.39. The summed E-state index contributed by atoms with van der Waals surface area (Å²) in [5, 5.41) is 0.566. The second kappa shape index (κ2) is 4.77. The average Bonchev–Trinajstić information content (AvgIpc) is 2.58. The number of hydrogen-bond donors (Lipinski definition) is 0. The molecule has 8 heteroatoms.